The van der Waals surface area contributed by atoms with Crippen molar-refractivity contribution in [1.29, 1.82) is 0 Å². The lowest BCUT2D eigenvalue weighted by Gasteiger charge is -2.12. The van der Waals surface area contributed by atoms with Crippen LogP contribution in [0.15, 0.2) is 51.7 Å². The summed E-state index contributed by atoms with van der Waals surface area (Å²) in [5, 5.41) is 4.40. The average molecular weight is 500 g/mol. The van der Waals surface area contributed by atoms with Crippen molar-refractivity contribution in [3.05, 3.63) is 67.4 Å². The molecule has 0 aliphatic heterocycles. The summed E-state index contributed by atoms with van der Waals surface area (Å²) in [7, 11) is 0. The molecule has 0 spiro atoms. The molecule has 4 aromatic rings. The summed E-state index contributed by atoms with van der Waals surface area (Å²) in [6.07, 6.45) is 3.89. The lowest BCUT2D eigenvalue weighted by atomic mass is 10.2. The molecular formula is C23H22BrN3O3S. The number of nitrogens with zero attached hydrogens (tertiary/aromatic N) is 3. The first-order valence-electron chi connectivity index (χ1n) is 10.2. The van der Waals surface area contributed by atoms with Crippen LogP contribution in [0.3, 0.4) is 0 Å². The first kappa shape index (κ1) is 21.5. The zero-order chi connectivity index (χ0) is 21.8. The third-order valence-electron chi connectivity index (χ3n) is 4.61. The van der Waals surface area contributed by atoms with Gasteiger partial charge < -0.3 is 9.47 Å². The maximum atomic E-state index is 12.9. The number of benzene rings is 2. The van der Waals surface area contributed by atoms with Crippen LogP contribution < -0.4 is 19.6 Å². The van der Waals surface area contributed by atoms with Gasteiger partial charge in [-0.15, -0.1) is 5.10 Å². The average Bonchev–Trinajstić information content (AvgIpc) is 3.30. The fraction of sp³-hybridized carbons (Fsp3) is 0.261. The number of thiazole rings is 1. The number of fused-ring (bicyclic) bond motifs is 1. The van der Waals surface area contributed by atoms with Gasteiger partial charge in [0.1, 0.15) is 0 Å². The summed E-state index contributed by atoms with van der Waals surface area (Å²) in [4.78, 5) is 18.0. The van der Waals surface area contributed by atoms with Gasteiger partial charge in [0.05, 0.1) is 17.7 Å². The Balaban J connectivity index is 1.66. The van der Waals surface area contributed by atoms with E-state index in [2.05, 4.69) is 32.9 Å². The van der Waals surface area contributed by atoms with E-state index in [0.717, 1.165) is 34.2 Å². The molecule has 2 heterocycles. The molecule has 0 radical (unpaired) electrons. The first-order valence-corrected chi connectivity index (χ1v) is 11.8. The van der Waals surface area contributed by atoms with Crippen molar-refractivity contribution >= 4 is 38.3 Å². The van der Waals surface area contributed by atoms with E-state index in [-0.39, 0.29) is 5.56 Å². The highest BCUT2D eigenvalue weighted by Gasteiger charge is 2.12. The van der Waals surface area contributed by atoms with Crippen LogP contribution in [-0.4, -0.2) is 27.8 Å². The van der Waals surface area contributed by atoms with Gasteiger partial charge in [-0.2, -0.15) is 9.50 Å². The highest BCUT2D eigenvalue weighted by Crippen LogP contribution is 2.29. The van der Waals surface area contributed by atoms with Gasteiger partial charge in [-0.05, 0) is 49.2 Å². The second-order valence-electron chi connectivity index (χ2n) is 6.89. The zero-order valence-electron chi connectivity index (χ0n) is 17.3. The minimum absolute atomic E-state index is 0.183. The van der Waals surface area contributed by atoms with E-state index in [4.69, 9.17) is 9.47 Å². The minimum Gasteiger partial charge on any atom is -0.490 e. The number of rotatable bonds is 8. The molecule has 0 unspecified atom stereocenters. The molecular weight excluding hydrogens is 478 g/mol. The summed E-state index contributed by atoms with van der Waals surface area (Å²) in [6, 6.07) is 13.4. The number of unbranched alkanes of at least 4 members (excludes halogenated alkanes) is 1. The van der Waals surface area contributed by atoms with Gasteiger partial charge in [-0.3, -0.25) is 4.79 Å². The molecule has 0 fully saturated rings. The normalized spacial score (nSPS) is 11.9. The van der Waals surface area contributed by atoms with Crippen molar-refractivity contribution in [2.24, 2.45) is 0 Å². The number of hydrogen-bond donors (Lipinski definition) is 0. The van der Waals surface area contributed by atoms with Gasteiger partial charge >= 0.3 is 0 Å². The van der Waals surface area contributed by atoms with E-state index in [1.807, 2.05) is 55.5 Å². The fourth-order valence-corrected chi connectivity index (χ4v) is 4.21. The van der Waals surface area contributed by atoms with E-state index in [0.29, 0.717) is 34.3 Å². The fourth-order valence-electron chi connectivity index (χ4n) is 3.03. The SMILES string of the molecule is CCCCOc1ccc(/C=c2\sc3nc(-c4ccc(Br)cc4)nn3c2=O)cc1OCC. The van der Waals surface area contributed by atoms with Gasteiger partial charge in [0.15, 0.2) is 17.3 Å². The number of halogens is 1. The summed E-state index contributed by atoms with van der Waals surface area (Å²) in [6.45, 7) is 5.25. The van der Waals surface area contributed by atoms with Gasteiger partial charge in [0, 0.05) is 10.0 Å². The lowest BCUT2D eigenvalue weighted by molar-refractivity contribution is 0.272. The summed E-state index contributed by atoms with van der Waals surface area (Å²) in [5.74, 6) is 1.93. The van der Waals surface area contributed by atoms with Crippen molar-refractivity contribution in [3.63, 3.8) is 0 Å². The molecule has 6 nitrogen and oxygen atoms in total. The minimum atomic E-state index is -0.183. The smallest absolute Gasteiger partial charge is 0.291 e. The molecule has 0 N–H and O–H groups in total. The number of aromatic nitrogens is 3. The Morgan fingerprint density at radius 1 is 1.10 bits per heavy atom. The van der Waals surface area contributed by atoms with Crippen LogP contribution in [0.2, 0.25) is 0 Å². The van der Waals surface area contributed by atoms with Gasteiger partial charge in [-0.1, -0.05) is 58.8 Å². The van der Waals surface area contributed by atoms with Gasteiger partial charge in [0.2, 0.25) is 4.96 Å². The first-order chi connectivity index (χ1) is 15.1. The Morgan fingerprint density at radius 3 is 2.61 bits per heavy atom. The van der Waals surface area contributed by atoms with E-state index in [1.54, 1.807) is 0 Å². The molecule has 2 aromatic carbocycles. The monoisotopic (exact) mass is 499 g/mol. The Kier molecular flexibility index (Phi) is 6.67. The van der Waals surface area contributed by atoms with Crippen molar-refractivity contribution in [3.8, 4) is 22.9 Å². The molecule has 0 amide bonds. The lowest BCUT2D eigenvalue weighted by Crippen LogP contribution is -2.23. The molecule has 31 heavy (non-hydrogen) atoms. The molecule has 0 bridgehead atoms. The van der Waals surface area contributed by atoms with Crippen LogP contribution in [-0.2, 0) is 0 Å². The van der Waals surface area contributed by atoms with Crippen LogP contribution >= 0.6 is 27.3 Å². The standard InChI is InChI=1S/C23H22BrN3O3S/c1-3-5-12-30-18-11-6-15(13-19(18)29-4-2)14-20-22(28)27-23(31-20)25-21(26-27)16-7-9-17(24)10-8-16/h6-11,13-14H,3-5,12H2,1-2H3/b20-14-. The summed E-state index contributed by atoms with van der Waals surface area (Å²) < 4.78 is 14.5. The Labute approximate surface area is 192 Å². The van der Waals surface area contributed by atoms with Crippen LogP contribution in [0.25, 0.3) is 22.4 Å². The molecule has 160 valence electrons. The quantitative estimate of drug-likeness (QED) is 0.328. The van der Waals surface area contributed by atoms with E-state index in [1.165, 1.54) is 15.9 Å². The molecule has 0 aliphatic rings. The van der Waals surface area contributed by atoms with Gasteiger partial charge in [-0.25, -0.2) is 0 Å². The number of hydrogen-bond acceptors (Lipinski definition) is 6. The largest absolute Gasteiger partial charge is 0.490 e. The highest BCUT2D eigenvalue weighted by atomic mass is 79.9. The molecule has 0 aliphatic carbocycles. The van der Waals surface area contributed by atoms with Crippen LogP contribution in [0.4, 0.5) is 0 Å². The predicted octanol–water partition coefficient (Wildman–Crippen LogP) is 4.71. The maximum Gasteiger partial charge on any atom is 0.291 e. The highest BCUT2D eigenvalue weighted by molar-refractivity contribution is 9.10. The molecule has 4 rings (SSSR count). The molecule has 0 saturated carbocycles. The predicted molar refractivity (Wildman–Crippen MR) is 127 cm³/mol. The summed E-state index contributed by atoms with van der Waals surface area (Å²) in [5.41, 5.74) is 1.54. The Bertz CT molecular complexity index is 1300. The van der Waals surface area contributed by atoms with Crippen molar-refractivity contribution < 1.29 is 9.47 Å². The Hall–Kier alpha value is -2.71. The van der Waals surface area contributed by atoms with Crippen LogP contribution in [0.1, 0.15) is 32.3 Å². The van der Waals surface area contributed by atoms with E-state index in [9.17, 15) is 4.79 Å². The third kappa shape index (κ3) is 4.80. The van der Waals surface area contributed by atoms with Crippen LogP contribution in [0, 0.1) is 0 Å². The number of ether oxygens (including phenoxy) is 2. The maximum absolute atomic E-state index is 12.9. The molecule has 0 saturated heterocycles. The van der Waals surface area contributed by atoms with Gasteiger partial charge in [0.25, 0.3) is 5.56 Å². The summed E-state index contributed by atoms with van der Waals surface area (Å²) >= 11 is 4.74. The van der Waals surface area contributed by atoms with Crippen LogP contribution in [0.5, 0.6) is 11.5 Å². The van der Waals surface area contributed by atoms with E-state index < -0.39 is 0 Å². The Morgan fingerprint density at radius 2 is 1.90 bits per heavy atom. The third-order valence-corrected chi connectivity index (χ3v) is 6.09. The molecule has 8 heteroatoms. The van der Waals surface area contributed by atoms with Crippen molar-refractivity contribution in [1.82, 2.24) is 14.6 Å². The van der Waals surface area contributed by atoms with E-state index >= 15 is 0 Å². The van der Waals surface area contributed by atoms with Crippen molar-refractivity contribution in [2.45, 2.75) is 26.7 Å². The molecule has 2 aromatic heterocycles. The molecule has 0 atom stereocenters. The zero-order valence-corrected chi connectivity index (χ0v) is 19.7. The topological polar surface area (TPSA) is 65.7 Å². The van der Waals surface area contributed by atoms with Crippen molar-refractivity contribution in [2.75, 3.05) is 13.2 Å². The second-order valence-corrected chi connectivity index (χ2v) is 8.82. The second kappa shape index (κ2) is 9.62.